The number of hydrazone groups is 1. The predicted molar refractivity (Wildman–Crippen MR) is 131 cm³/mol. The zero-order valence-electron chi connectivity index (χ0n) is 17.0. The molecule has 9 heteroatoms. The number of hydrogen-bond acceptors (Lipinski definition) is 5. The lowest BCUT2D eigenvalue weighted by Crippen LogP contribution is -2.25. The lowest BCUT2D eigenvalue weighted by atomic mass is 10.0. The molecule has 0 saturated carbocycles. The zero-order chi connectivity index (χ0) is 22.7. The van der Waals surface area contributed by atoms with Crippen molar-refractivity contribution in [3.05, 3.63) is 69.1 Å². The van der Waals surface area contributed by atoms with Crippen LogP contribution in [0.5, 0.6) is 5.75 Å². The fourth-order valence-corrected chi connectivity index (χ4v) is 4.24. The Hall–Kier alpha value is -2.94. The normalized spacial score (nSPS) is 11.3. The highest BCUT2D eigenvalue weighted by atomic mass is 35.5. The van der Waals surface area contributed by atoms with Gasteiger partial charge in [-0.05, 0) is 67.9 Å². The number of aromatic carboxylic acids is 1. The molecule has 31 heavy (non-hydrogen) atoms. The molecule has 160 valence electrons. The van der Waals surface area contributed by atoms with Gasteiger partial charge >= 0.3 is 5.97 Å². The minimum atomic E-state index is -1.10. The highest BCUT2D eigenvalue weighted by Crippen LogP contribution is 2.39. The van der Waals surface area contributed by atoms with E-state index in [4.69, 9.17) is 28.9 Å². The third-order valence-corrected chi connectivity index (χ3v) is 6.23. The topological polar surface area (TPSA) is 94.0 Å². The Labute approximate surface area is 194 Å². The van der Waals surface area contributed by atoms with Gasteiger partial charge in [0.15, 0.2) is 5.11 Å². The standard InChI is InChI=1S/C22H20ClN3O3S2/c1-11-4-5-14(8-12(11)2)20-19(27)17(10-31-20)13(3)25-26-22(30)24-15-6-7-16(21(28)29)18(23)9-15/h4-10,27H,1-3H3,(H,28,29)(H2,24,26,30). The first-order valence-electron chi connectivity index (χ1n) is 9.20. The number of hydrogen-bond donors (Lipinski definition) is 4. The van der Waals surface area contributed by atoms with Crippen LogP contribution in [0, 0.1) is 13.8 Å². The number of halogens is 1. The summed E-state index contributed by atoms with van der Waals surface area (Å²) in [6, 6.07) is 10.5. The fraction of sp³-hybridized carbons (Fsp3) is 0.136. The van der Waals surface area contributed by atoms with Gasteiger partial charge in [-0.3, -0.25) is 5.43 Å². The molecule has 0 aliphatic rings. The molecule has 0 aliphatic carbocycles. The number of nitrogens with zero attached hydrogens (tertiary/aromatic N) is 1. The molecule has 0 bridgehead atoms. The van der Waals surface area contributed by atoms with Crippen LogP contribution >= 0.6 is 35.2 Å². The second-order valence-corrected chi connectivity index (χ2v) is 8.58. The molecule has 0 unspecified atom stereocenters. The van der Waals surface area contributed by atoms with Crippen LogP contribution < -0.4 is 10.7 Å². The summed E-state index contributed by atoms with van der Waals surface area (Å²) < 4.78 is 0. The third kappa shape index (κ3) is 5.22. The van der Waals surface area contributed by atoms with Crippen LogP contribution in [0.3, 0.4) is 0 Å². The van der Waals surface area contributed by atoms with E-state index in [2.05, 4.69) is 21.9 Å². The van der Waals surface area contributed by atoms with E-state index in [1.807, 2.05) is 31.4 Å². The zero-order valence-corrected chi connectivity index (χ0v) is 19.4. The van der Waals surface area contributed by atoms with Crippen molar-refractivity contribution in [2.75, 3.05) is 5.32 Å². The van der Waals surface area contributed by atoms with Crippen molar-refractivity contribution in [1.29, 1.82) is 0 Å². The molecule has 1 aromatic heterocycles. The molecular weight excluding hydrogens is 454 g/mol. The van der Waals surface area contributed by atoms with Crippen molar-refractivity contribution in [1.82, 2.24) is 5.43 Å². The van der Waals surface area contributed by atoms with Crippen LogP contribution in [-0.2, 0) is 0 Å². The van der Waals surface area contributed by atoms with Gasteiger partial charge in [-0.2, -0.15) is 5.10 Å². The van der Waals surface area contributed by atoms with E-state index in [-0.39, 0.29) is 21.4 Å². The van der Waals surface area contributed by atoms with Gasteiger partial charge in [0.05, 0.1) is 26.7 Å². The number of aromatic hydroxyl groups is 1. The Balaban J connectivity index is 1.71. The summed E-state index contributed by atoms with van der Waals surface area (Å²) in [6.45, 7) is 5.85. The van der Waals surface area contributed by atoms with Crippen molar-refractivity contribution >= 4 is 57.6 Å². The molecule has 3 rings (SSSR count). The fourth-order valence-electron chi connectivity index (χ4n) is 2.82. The number of thiophene rings is 1. The first-order valence-corrected chi connectivity index (χ1v) is 10.9. The lowest BCUT2D eigenvalue weighted by molar-refractivity contribution is 0.0697. The van der Waals surface area contributed by atoms with Gasteiger partial charge < -0.3 is 15.5 Å². The number of carboxylic acids is 1. The first kappa shape index (κ1) is 22.7. The van der Waals surface area contributed by atoms with Crippen LogP contribution in [0.1, 0.15) is 34.0 Å². The summed E-state index contributed by atoms with van der Waals surface area (Å²) in [5, 5.41) is 29.0. The first-order chi connectivity index (χ1) is 14.7. The van der Waals surface area contributed by atoms with Gasteiger partial charge in [0, 0.05) is 11.1 Å². The maximum absolute atomic E-state index is 11.0. The van der Waals surface area contributed by atoms with Crippen molar-refractivity contribution in [3.63, 3.8) is 0 Å². The summed E-state index contributed by atoms with van der Waals surface area (Å²) in [6.07, 6.45) is 0. The van der Waals surface area contributed by atoms with Crippen LogP contribution in [-0.4, -0.2) is 27.0 Å². The number of rotatable bonds is 5. The van der Waals surface area contributed by atoms with Crippen molar-refractivity contribution in [2.24, 2.45) is 5.10 Å². The van der Waals surface area contributed by atoms with E-state index in [1.54, 1.807) is 13.0 Å². The van der Waals surface area contributed by atoms with E-state index in [0.29, 0.717) is 17.0 Å². The van der Waals surface area contributed by atoms with E-state index in [0.717, 1.165) is 16.0 Å². The van der Waals surface area contributed by atoms with Crippen molar-refractivity contribution in [2.45, 2.75) is 20.8 Å². The summed E-state index contributed by atoms with van der Waals surface area (Å²) in [5.74, 6) is -0.931. The van der Waals surface area contributed by atoms with Gasteiger partial charge in [-0.25, -0.2) is 4.79 Å². The highest BCUT2D eigenvalue weighted by Gasteiger charge is 2.15. The minimum Gasteiger partial charge on any atom is -0.506 e. The Morgan fingerprint density at radius 1 is 1.13 bits per heavy atom. The average Bonchev–Trinajstić information content (AvgIpc) is 3.09. The quantitative estimate of drug-likeness (QED) is 0.212. The minimum absolute atomic E-state index is 0.00691. The number of carboxylic acid groups (broad SMARTS) is 1. The third-order valence-electron chi connectivity index (χ3n) is 4.71. The van der Waals surface area contributed by atoms with Gasteiger partial charge in [-0.1, -0.05) is 29.8 Å². The maximum atomic E-state index is 11.0. The maximum Gasteiger partial charge on any atom is 0.337 e. The Morgan fingerprint density at radius 2 is 1.87 bits per heavy atom. The molecule has 0 saturated heterocycles. The van der Waals surface area contributed by atoms with E-state index in [9.17, 15) is 9.90 Å². The molecule has 0 aliphatic heterocycles. The molecule has 0 fully saturated rings. The van der Waals surface area contributed by atoms with Crippen LogP contribution in [0.15, 0.2) is 46.9 Å². The molecule has 0 radical (unpaired) electrons. The summed E-state index contributed by atoms with van der Waals surface area (Å²) in [7, 11) is 0. The Kier molecular flexibility index (Phi) is 6.94. The summed E-state index contributed by atoms with van der Waals surface area (Å²) >= 11 is 12.6. The number of carbonyl (C=O) groups is 1. The predicted octanol–water partition coefficient (Wildman–Crippen LogP) is 5.80. The summed E-state index contributed by atoms with van der Waals surface area (Å²) in [5.41, 5.74) is 7.74. The molecule has 0 spiro atoms. The summed E-state index contributed by atoms with van der Waals surface area (Å²) in [4.78, 5) is 11.8. The van der Waals surface area contributed by atoms with E-state index in [1.165, 1.54) is 29.0 Å². The molecule has 6 nitrogen and oxygen atoms in total. The number of benzene rings is 2. The second-order valence-electron chi connectivity index (χ2n) is 6.89. The molecule has 3 aromatic rings. The van der Waals surface area contributed by atoms with Crippen molar-refractivity contribution in [3.8, 4) is 16.2 Å². The van der Waals surface area contributed by atoms with Crippen LogP contribution in [0.2, 0.25) is 5.02 Å². The van der Waals surface area contributed by atoms with Crippen LogP contribution in [0.25, 0.3) is 10.4 Å². The number of anilines is 1. The van der Waals surface area contributed by atoms with Gasteiger partial charge in [0.1, 0.15) is 5.75 Å². The van der Waals surface area contributed by atoms with Gasteiger partial charge in [0.25, 0.3) is 0 Å². The smallest absolute Gasteiger partial charge is 0.337 e. The van der Waals surface area contributed by atoms with Crippen molar-refractivity contribution < 1.29 is 15.0 Å². The molecule has 0 atom stereocenters. The van der Waals surface area contributed by atoms with Gasteiger partial charge in [-0.15, -0.1) is 11.3 Å². The SMILES string of the molecule is CC(=NNC(=S)Nc1ccc(C(=O)O)c(Cl)c1)c1csc(-c2ccc(C)c(C)c2)c1O. The van der Waals surface area contributed by atoms with E-state index < -0.39 is 5.97 Å². The monoisotopic (exact) mass is 473 g/mol. The van der Waals surface area contributed by atoms with E-state index >= 15 is 0 Å². The Bertz CT molecular complexity index is 1200. The molecule has 0 amide bonds. The van der Waals surface area contributed by atoms with Crippen LogP contribution in [0.4, 0.5) is 5.69 Å². The average molecular weight is 474 g/mol. The molecule has 4 N–H and O–H groups in total. The Morgan fingerprint density at radius 3 is 2.52 bits per heavy atom. The lowest BCUT2D eigenvalue weighted by Gasteiger charge is -2.09. The number of aryl methyl sites for hydroxylation is 2. The second kappa shape index (κ2) is 9.47. The highest BCUT2D eigenvalue weighted by molar-refractivity contribution is 7.80. The molecule has 1 heterocycles. The molecule has 2 aromatic carbocycles. The molecular formula is C22H20ClN3O3S2. The number of thiocarbonyl (C=S) groups is 1. The number of nitrogens with one attached hydrogen (secondary N) is 2. The van der Waals surface area contributed by atoms with Gasteiger partial charge in [0.2, 0.25) is 0 Å². The largest absolute Gasteiger partial charge is 0.506 e.